The number of carbonyl (C=O) groups excluding carboxylic acids is 6. The van der Waals surface area contributed by atoms with Crippen molar-refractivity contribution < 1.29 is 58.1 Å². The number of hydrazone groups is 1. The summed E-state index contributed by atoms with van der Waals surface area (Å²) < 4.78 is 0. The van der Waals surface area contributed by atoms with Gasteiger partial charge in [-0.05, 0) is 102 Å². The van der Waals surface area contributed by atoms with Crippen LogP contribution >= 0.6 is 0 Å². The summed E-state index contributed by atoms with van der Waals surface area (Å²) in [4.78, 5) is 108. The molecule has 0 fully saturated rings. The molecule has 406 valence electrons. The third kappa shape index (κ3) is 16.6. The summed E-state index contributed by atoms with van der Waals surface area (Å²) >= 11 is 0. The van der Waals surface area contributed by atoms with Crippen LogP contribution in [-0.2, 0) is 59.5 Å². The standard InChI is InChI=1S/C61H74N8O8.Zn/c1-10-43-30-45-31-50-37(4)38(5)51(65-50)32-52-40(7)48(24-26-57(73)63-29-15-19-47(72)23-21-36(3)70)55(66-52)34-56-49(41(8)53(67-56)33-54(43)64-45)25-27-58(74)62-28-14-18-46(71)22-20-35(2)68-69-60(75)59(42(9)61(76)77)39(6)44-16-12-11-13-17-44;/h10-13,16-17,30-34,39,42,59H,1,14-15,18-29H2,2-9H3,(H6,62,63,64,65,66,67,69,73,74,75,76,77);/q;+2/p-2. The Balaban J connectivity index is 0.0000112. The van der Waals surface area contributed by atoms with Crippen molar-refractivity contribution in [1.82, 2.24) is 36.0 Å². The van der Waals surface area contributed by atoms with Crippen molar-refractivity contribution in [2.75, 3.05) is 13.1 Å². The zero-order valence-electron chi connectivity index (χ0n) is 46.4. The fraction of sp³-hybridized carbons (Fsp3) is 0.410. The molecule has 78 heavy (non-hydrogen) atoms. The molecule has 1 aromatic carbocycles. The van der Waals surface area contributed by atoms with Gasteiger partial charge in [0.05, 0.1) is 34.6 Å². The number of ketones is 3. The predicted molar refractivity (Wildman–Crippen MR) is 301 cm³/mol. The number of carboxylic acid groups (broad SMARTS) is 1. The van der Waals surface area contributed by atoms with Gasteiger partial charge in [0.2, 0.25) is 17.7 Å². The number of nitrogens with one attached hydrogen (secondary N) is 3. The number of hydrogen-bond acceptors (Lipinski definition) is 10. The summed E-state index contributed by atoms with van der Waals surface area (Å²) in [7, 11) is 0. The molecule has 4 N–H and O–H groups in total. The van der Waals surface area contributed by atoms with Gasteiger partial charge in [-0.25, -0.2) is 15.4 Å². The first-order valence-corrected chi connectivity index (χ1v) is 26.6. The maximum Gasteiger partial charge on any atom is 2.00 e. The first kappa shape index (κ1) is 61.6. The Morgan fingerprint density at radius 2 is 1.24 bits per heavy atom. The summed E-state index contributed by atoms with van der Waals surface area (Å²) in [5.74, 6) is -4.19. The Hall–Kier alpha value is -7.26. The molecule has 2 aliphatic heterocycles. The molecule has 0 saturated heterocycles. The van der Waals surface area contributed by atoms with Gasteiger partial charge >= 0.3 is 25.4 Å². The van der Waals surface area contributed by atoms with E-state index in [9.17, 15) is 38.7 Å². The van der Waals surface area contributed by atoms with E-state index in [-0.39, 0.29) is 93.1 Å². The minimum atomic E-state index is -1.08. The van der Waals surface area contributed by atoms with Gasteiger partial charge in [0.25, 0.3) is 0 Å². The SMILES string of the molecule is C=CC1=Cc2cc3[n-]c(cc4nc(cc5[n-]c(cc1n2)c(C)c5CCC(=O)NCCCC(=O)CCC(C)=NNC(=O)C(C(C)C(=O)O)C(C)c1ccccc1)C(CCC(=O)NCCCC(=O)CCC(C)=O)=C4C)c(C)c3C.[Zn+2]. The number of aryl methyl sites for hydroxylation is 4. The number of carbonyl (C=O) groups is 7. The minimum absolute atomic E-state index is 0. The van der Waals surface area contributed by atoms with Crippen LogP contribution in [0.1, 0.15) is 162 Å². The second-order valence-corrected chi connectivity index (χ2v) is 20.3. The Morgan fingerprint density at radius 1 is 0.679 bits per heavy atom. The van der Waals surface area contributed by atoms with Crippen LogP contribution in [0.25, 0.3) is 44.9 Å². The summed E-state index contributed by atoms with van der Waals surface area (Å²) in [6.07, 6.45) is 7.17. The second kappa shape index (κ2) is 28.9. The topological polar surface area (TPSA) is 242 Å². The fourth-order valence-corrected chi connectivity index (χ4v) is 9.57. The van der Waals surface area contributed by atoms with Crippen molar-refractivity contribution in [2.45, 2.75) is 138 Å². The zero-order chi connectivity index (χ0) is 55.9. The summed E-state index contributed by atoms with van der Waals surface area (Å²) in [6.45, 7) is 19.2. The van der Waals surface area contributed by atoms with Gasteiger partial charge in [0.1, 0.15) is 17.3 Å². The molecule has 3 amide bonds. The molecule has 0 spiro atoms. The number of Topliss-reactive ketones (excluding diaryl/α,β-unsaturated/α-hetero) is 3. The number of aromatic nitrogens is 4. The van der Waals surface area contributed by atoms with Crippen molar-refractivity contribution >= 4 is 91.6 Å². The van der Waals surface area contributed by atoms with E-state index in [1.54, 1.807) is 13.0 Å². The van der Waals surface area contributed by atoms with E-state index in [0.29, 0.717) is 85.4 Å². The molecule has 8 bridgehead atoms. The number of hydrogen-bond donors (Lipinski definition) is 4. The maximum absolute atomic E-state index is 13.4. The van der Waals surface area contributed by atoms with Crippen LogP contribution in [0.5, 0.6) is 0 Å². The molecular formula is C61H72N8O8Zn. The molecule has 3 unspecified atom stereocenters. The average molecular weight is 1110 g/mol. The van der Waals surface area contributed by atoms with E-state index in [1.807, 2.05) is 95.3 Å². The van der Waals surface area contributed by atoms with Gasteiger partial charge < -0.3 is 30.5 Å². The molecule has 17 heteroatoms. The summed E-state index contributed by atoms with van der Waals surface area (Å²) in [6, 6.07) is 17.0. The minimum Gasteiger partial charge on any atom is -0.657 e. The molecule has 2 aliphatic rings. The van der Waals surface area contributed by atoms with Crippen molar-refractivity contribution in [1.29, 1.82) is 0 Å². The number of aliphatic carboxylic acids is 1. The van der Waals surface area contributed by atoms with Crippen molar-refractivity contribution in [2.24, 2.45) is 16.9 Å². The van der Waals surface area contributed by atoms with Gasteiger partial charge in [-0.15, -0.1) is 22.1 Å². The fourth-order valence-electron chi connectivity index (χ4n) is 9.57. The maximum atomic E-state index is 13.4. The van der Waals surface area contributed by atoms with E-state index in [2.05, 4.69) is 27.7 Å². The van der Waals surface area contributed by atoms with Crippen molar-refractivity contribution in [3.8, 4) is 0 Å². The normalized spacial score (nSPS) is 13.4. The predicted octanol–water partition coefficient (Wildman–Crippen LogP) is 9.58. The Bertz CT molecular complexity index is 3200. The van der Waals surface area contributed by atoms with Crippen LogP contribution in [0, 0.1) is 32.6 Å². The molecule has 6 rings (SSSR count). The van der Waals surface area contributed by atoms with Crippen LogP contribution in [0.3, 0.4) is 0 Å². The molecule has 5 heterocycles. The molecule has 16 nitrogen and oxygen atoms in total. The number of amides is 3. The van der Waals surface area contributed by atoms with Gasteiger partial charge in [-0.3, -0.25) is 28.8 Å². The molecule has 4 aromatic rings. The molecule has 3 aromatic heterocycles. The quantitative estimate of drug-likeness (QED) is 0.0189. The van der Waals surface area contributed by atoms with E-state index in [4.69, 9.17) is 19.9 Å². The van der Waals surface area contributed by atoms with Crippen LogP contribution in [0.15, 0.2) is 72.4 Å². The summed E-state index contributed by atoms with van der Waals surface area (Å²) in [5.41, 5.74) is 15.9. The third-order valence-electron chi connectivity index (χ3n) is 14.6. The van der Waals surface area contributed by atoms with Crippen LogP contribution < -0.4 is 26.0 Å². The molecule has 3 atom stereocenters. The van der Waals surface area contributed by atoms with Gasteiger partial charge in [0.15, 0.2) is 0 Å². The van der Waals surface area contributed by atoms with Gasteiger partial charge in [-0.2, -0.15) is 5.10 Å². The Morgan fingerprint density at radius 3 is 1.86 bits per heavy atom. The first-order valence-electron chi connectivity index (χ1n) is 26.6. The first-order chi connectivity index (χ1) is 36.7. The number of benzene rings is 1. The molecule has 0 radical (unpaired) electrons. The monoisotopic (exact) mass is 1110 g/mol. The average Bonchev–Trinajstić information content (AvgIpc) is 4.16. The van der Waals surface area contributed by atoms with E-state index < -0.39 is 23.7 Å². The van der Waals surface area contributed by atoms with Crippen molar-refractivity contribution in [3.63, 3.8) is 0 Å². The largest absolute Gasteiger partial charge is 2.00 e. The summed E-state index contributed by atoms with van der Waals surface area (Å²) in [5, 5.41) is 19.9. The molecular weight excluding hydrogens is 1040 g/mol. The van der Waals surface area contributed by atoms with Crippen molar-refractivity contribution in [3.05, 3.63) is 118 Å². The van der Waals surface area contributed by atoms with Gasteiger partial charge in [-0.1, -0.05) is 103 Å². The Kier molecular flexibility index (Phi) is 22.8. The van der Waals surface area contributed by atoms with Crippen LogP contribution in [0.2, 0.25) is 0 Å². The van der Waals surface area contributed by atoms with E-state index in [0.717, 1.165) is 61.3 Å². The van der Waals surface area contributed by atoms with Crippen LogP contribution in [0.4, 0.5) is 0 Å². The third-order valence-corrected chi connectivity index (χ3v) is 14.6. The number of allylic oxidation sites excluding steroid dienone is 4. The smallest absolute Gasteiger partial charge is 0.657 e. The second-order valence-electron chi connectivity index (χ2n) is 20.3. The van der Waals surface area contributed by atoms with E-state index in [1.165, 1.54) is 13.8 Å². The van der Waals surface area contributed by atoms with Crippen LogP contribution in [-0.4, -0.2) is 74.9 Å². The number of rotatable bonds is 27. The van der Waals surface area contributed by atoms with E-state index >= 15 is 0 Å². The molecule has 0 saturated carbocycles. The number of nitrogens with zero attached hydrogens (tertiary/aromatic N) is 5. The molecule has 0 aliphatic carbocycles. The zero-order valence-corrected chi connectivity index (χ0v) is 49.4. The Labute approximate surface area is 469 Å². The number of carboxylic acids is 1. The van der Waals surface area contributed by atoms with Gasteiger partial charge in [0, 0.05) is 69.3 Å². The number of fused-ring (bicyclic) bond motifs is 8.